The fraction of sp³-hybridized carbons (Fsp3) is 0.278. The molecule has 8 nitrogen and oxygen atoms in total. The predicted octanol–water partition coefficient (Wildman–Crippen LogP) is -0.805. The number of piperazine rings is 1. The average Bonchev–Trinajstić information content (AvgIpc) is 3.15. The first-order valence-corrected chi connectivity index (χ1v) is 11.4. The number of aromatic nitrogens is 3. The van der Waals surface area contributed by atoms with Crippen LogP contribution in [0.3, 0.4) is 0 Å². The number of ether oxygens (including phenoxy) is 1. The van der Waals surface area contributed by atoms with E-state index in [1.165, 1.54) is 13.3 Å². The molecule has 0 aliphatic carbocycles. The van der Waals surface area contributed by atoms with E-state index in [9.17, 15) is 9.90 Å². The van der Waals surface area contributed by atoms with Crippen molar-refractivity contribution in [1.29, 1.82) is 0 Å². The van der Waals surface area contributed by atoms with Crippen LogP contribution in [0.2, 0.25) is 5.02 Å². The number of nitrogens with one attached hydrogen (secondary N) is 1. The zero-order chi connectivity index (χ0) is 20.5. The number of anilines is 1. The first kappa shape index (κ1) is 20.2. The van der Waals surface area contributed by atoms with E-state index < -0.39 is 5.97 Å². The number of halogens is 2. The van der Waals surface area contributed by atoms with E-state index >= 15 is 0 Å². The fourth-order valence-corrected chi connectivity index (χ4v) is 4.61. The van der Waals surface area contributed by atoms with Crippen LogP contribution in [0.5, 0.6) is 5.88 Å². The summed E-state index contributed by atoms with van der Waals surface area (Å²) < 4.78 is 7.78. The molecule has 150 valence electrons. The molecule has 3 aromatic rings. The number of aromatic carboxylic acids is 1. The maximum atomic E-state index is 11.5. The SMILES string of the molecule is [B][I-]N1CCN(c2ncc(-c3cc4c(C(=O)O)c[nH]c4cc3Cl)c(OC)n2)CC1. The topological polar surface area (TPSA) is 94.6 Å². The molecule has 0 amide bonds. The van der Waals surface area contributed by atoms with Crippen molar-refractivity contribution >= 4 is 40.1 Å². The van der Waals surface area contributed by atoms with Gasteiger partial charge in [-0.3, -0.25) is 0 Å². The van der Waals surface area contributed by atoms with Gasteiger partial charge in [-0.2, -0.15) is 0 Å². The third-order valence-corrected chi connectivity index (χ3v) is 6.94. The summed E-state index contributed by atoms with van der Waals surface area (Å²) in [4.78, 5) is 25.6. The Hall–Kier alpha value is -2.05. The summed E-state index contributed by atoms with van der Waals surface area (Å²) in [6.07, 6.45) is 3.12. The molecular weight excluding hydrogens is 507 g/mol. The number of carboxylic acid groups (broad SMARTS) is 1. The van der Waals surface area contributed by atoms with E-state index in [2.05, 4.69) is 23.0 Å². The minimum absolute atomic E-state index is 0.176. The first-order valence-electron chi connectivity index (χ1n) is 8.80. The number of H-pyrrole nitrogens is 1. The van der Waals surface area contributed by atoms with Gasteiger partial charge in [0, 0.05) is 6.20 Å². The second-order valence-electron chi connectivity index (χ2n) is 6.47. The van der Waals surface area contributed by atoms with Gasteiger partial charge in [-0.1, -0.05) is 0 Å². The van der Waals surface area contributed by atoms with Crippen LogP contribution < -0.4 is 30.9 Å². The van der Waals surface area contributed by atoms with Crippen molar-refractivity contribution in [2.24, 2.45) is 0 Å². The molecule has 3 heterocycles. The quantitative estimate of drug-likeness (QED) is 0.256. The molecule has 2 radical (unpaired) electrons. The summed E-state index contributed by atoms with van der Waals surface area (Å²) >= 11 is 6.08. The van der Waals surface area contributed by atoms with Crippen molar-refractivity contribution < 1.29 is 35.9 Å². The number of fused-ring (bicyclic) bond motifs is 1. The van der Waals surface area contributed by atoms with Gasteiger partial charge in [0.15, 0.2) is 0 Å². The molecule has 11 heteroatoms. The molecule has 0 bridgehead atoms. The molecule has 0 atom stereocenters. The second kappa shape index (κ2) is 8.37. The third-order valence-electron chi connectivity index (χ3n) is 4.87. The molecule has 0 unspecified atom stereocenters. The van der Waals surface area contributed by atoms with Crippen molar-refractivity contribution in [1.82, 2.24) is 18.1 Å². The van der Waals surface area contributed by atoms with E-state index in [0.717, 1.165) is 26.2 Å². The minimum atomic E-state index is -1.01. The molecule has 1 saturated heterocycles. The van der Waals surface area contributed by atoms with Crippen molar-refractivity contribution in [3.8, 4) is 17.0 Å². The Morgan fingerprint density at radius 3 is 2.72 bits per heavy atom. The molecule has 29 heavy (non-hydrogen) atoms. The van der Waals surface area contributed by atoms with Crippen LogP contribution in [-0.4, -0.2) is 68.1 Å². The molecule has 1 aliphatic heterocycles. The van der Waals surface area contributed by atoms with Crippen LogP contribution in [0, 0.1) is 0 Å². The standard InChI is InChI=1S/C18H17BClIN5O3/c1-29-16-12(8-23-18(24-16)25-2-4-26(21-19)5-3-25)10-6-11-13(17(27)28)9-22-15(11)7-14(10)20/h6-9,22H,2-5H2,1H3,(H,27,28)/q-1. The van der Waals surface area contributed by atoms with Crippen molar-refractivity contribution in [2.45, 2.75) is 0 Å². The van der Waals surface area contributed by atoms with Crippen molar-refractivity contribution in [2.75, 3.05) is 38.2 Å². The van der Waals surface area contributed by atoms with Gasteiger partial charge in [0.2, 0.25) is 0 Å². The van der Waals surface area contributed by atoms with Crippen molar-refractivity contribution in [3.05, 3.63) is 35.1 Å². The number of methoxy groups -OCH3 is 1. The number of hydrogen-bond donors (Lipinski definition) is 2. The zero-order valence-electron chi connectivity index (χ0n) is 15.5. The number of carbonyl (C=O) groups is 1. The van der Waals surface area contributed by atoms with Gasteiger partial charge in [-0.05, 0) is 0 Å². The predicted molar refractivity (Wildman–Crippen MR) is 107 cm³/mol. The van der Waals surface area contributed by atoms with E-state index in [1.807, 2.05) is 0 Å². The Morgan fingerprint density at radius 2 is 2.07 bits per heavy atom. The summed E-state index contributed by atoms with van der Waals surface area (Å²) in [6, 6.07) is 3.42. The summed E-state index contributed by atoms with van der Waals surface area (Å²) in [5.41, 5.74) is 7.85. The van der Waals surface area contributed by atoms with E-state index in [-0.39, 0.29) is 26.8 Å². The number of nitrogens with zero attached hydrogens (tertiary/aromatic N) is 4. The van der Waals surface area contributed by atoms with Crippen LogP contribution in [0.15, 0.2) is 24.5 Å². The monoisotopic (exact) mass is 524 g/mol. The molecule has 4 rings (SSSR count). The third kappa shape index (κ3) is 3.88. The van der Waals surface area contributed by atoms with Crippen molar-refractivity contribution in [3.63, 3.8) is 0 Å². The van der Waals surface area contributed by atoms with Gasteiger partial charge in [-0.15, -0.1) is 0 Å². The van der Waals surface area contributed by atoms with Crippen LogP contribution in [-0.2, 0) is 0 Å². The Bertz CT molecular complexity index is 1070. The van der Waals surface area contributed by atoms with Gasteiger partial charge in [0.05, 0.1) is 0 Å². The van der Waals surface area contributed by atoms with Crippen LogP contribution >= 0.6 is 11.6 Å². The zero-order valence-corrected chi connectivity index (χ0v) is 18.4. The molecule has 1 aromatic carbocycles. The summed E-state index contributed by atoms with van der Waals surface area (Å²) in [5, 5.41) is 10.4. The van der Waals surface area contributed by atoms with Gasteiger partial charge < -0.3 is 10.1 Å². The van der Waals surface area contributed by atoms with Gasteiger partial charge in [0.1, 0.15) is 0 Å². The average molecular weight is 525 g/mol. The molecule has 2 aromatic heterocycles. The molecule has 0 spiro atoms. The molecule has 0 saturated carbocycles. The molecular formula is C18H17BClIN5O3-. The van der Waals surface area contributed by atoms with E-state index in [1.54, 1.807) is 18.3 Å². The van der Waals surface area contributed by atoms with Crippen LogP contribution in [0.25, 0.3) is 22.0 Å². The molecule has 2 N–H and O–H groups in total. The normalized spacial score (nSPS) is 15.2. The van der Waals surface area contributed by atoms with Crippen LogP contribution in [0.4, 0.5) is 5.95 Å². The Labute approximate surface area is 184 Å². The summed E-state index contributed by atoms with van der Waals surface area (Å²) in [6.45, 7) is 3.39. The second-order valence-corrected chi connectivity index (χ2v) is 8.80. The number of benzene rings is 1. The maximum absolute atomic E-state index is 11.5. The number of aromatic amines is 1. The van der Waals surface area contributed by atoms with E-state index in [4.69, 9.17) is 22.0 Å². The van der Waals surface area contributed by atoms with Gasteiger partial charge in [-0.25, -0.2) is 4.79 Å². The Morgan fingerprint density at radius 1 is 1.31 bits per heavy atom. The molecule has 1 aliphatic rings. The van der Waals surface area contributed by atoms with Gasteiger partial charge in [0.25, 0.3) is 0 Å². The van der Waals surface area contributed by atoms with E-state index in [0.29, 0.717) is 38.9 Å². The molecule has 1 fully saturated rings. The Kier molecular flexibility index (Phi) is 5.84. The fourth-order valence-electron chi connectivity index (χ4n) is 3.36. The summed E-state index contributed by atoms with van der Waals surface area (Å²) in [7, 11) is 1.54. The number of rotatable bonds is 5. The summed E-state index contributed by atoms with van der Waals surface area (Å²) in [5.74, 6) is -0.0370. The number of hydrogen-bond acceptors (Lipinski definition) is 6. The van der Waals surface area contributed by atoms with Gasteiger partial charge >= 0.3 is 163 Å². The Balaban J connectivity index is 1.72. The first-order chi connectivity index (χ1) is 14.0. The number of carboxylic acids is 1. The van der Waals surface area contributed by atoms with Crippen LogP contribution in [0.1, 0.15) is 10.4 Å².